The molecule has 3 nitrogen and oxygen atoms in total. The van der Waals surface area contributed by atoms with Gasteiger partial charge in [0.2, 0.25) is 0 Å². The third kappa shape index (κ3) is 7.49. The average Bonchev–Trinajstić information content (AvgIpc) is 2.77. The molecule has 0 aromatic heterocycles. The monoisotopic (exact) mass is 393 g/mol. The summed E-state index contributed by atoms with van der Waals surface area (Å²) in [5.41, 5.74) is 5.04. The average molecular weight is 394 g/mol. The Balaban J connectivity index is 3.57. The predicted octanol–water partition coefficient (Wildman–Crippen LogP) is 6.84. The van der Waals surface area contributed by atoms with E-state index in [4.69, 9.17) is 0 Å². The van der Waals surface area contributed by atoms with Gasteiger partial charge in [0.15, 0.2) is 0 Å². The molecule has 0 fully saturated rings. The Morgan fingerprint density at radius 3 is 2.17 bits per heavy atom. The second-order valence-corrected chi connectivity index (χ2v) is 5.69. The van der Waals surface area contributed by atoms with E-state index in [-0.39, 0.29) is 0 Å². The first-order chi connectivity index (χ1) is 14.6. The van der Waals surface area contributed by atoms with Crippen molar-refractivity contribution >= 4 is 23.2 Å². The van der Waals surface area contributed by atoms with E-state index in [1.54, 1.807) is 24.4 Å². The molecule has 3 heteroatoms. The Hall–Kier alpha value is -4.11. The molecule has 1 aromatic carbocycles. The van der Waals surface area contributed by atoms with Gasteiger partial charge in [0.1, 0.15) is 0 Å². The summed E-state index contributed by atoms with van der Waals surface area (Å²) in [7, 11) is 0. The summed E-state index contributed by atoms with van der Waals surface area (Å²) in [6.07, 6.45) is 18.8. The van der Waals surface area contributed by atoms with Crippen molar-refractivity contribution in [1.29, 1.82) is 0 Å². The van der Waals surface area contributed by atoms with Crippen LogP contribution in [0, 0.1) is 0 Å². The van der Waals surface area contributed by atoms with Gasteiger partial charge in [0.25, 0.3) is 0 Å². The van der Waals surface area contributed by atoms with E-state index in [0.717, 1.165) is 28.0 Å². The normalized spacial score (nSPS) is 13.3. The summed E-state index contributed by atoms with van der Waals surface area (Å²) in [6, 6.07) is 7.95. The summed E-state index contributed by atoms with van der Waals surface area (Å²) in [5, 5.41) is 0. The maximum atomic E-state index is 4.34. The second-order valence-electron chi connectivity index (χ2n) is 5.69. The highest BCUT2D eigenvalue weighted by Crippen LogP contribution is 2.21. The lowest BCUT2D eigenvalue weighted by atomic mass is 9.97. The van der Waals surface area contributed by atoms with Crippen LogP contribution in [0.1, 0.15) is 11.1 Å². The number of hydrogen-bond donors (Lipinski definition) is 0. The van der Waals surface area contributed by atoms with Crippen molar-refractivity contribution in [2.45, 2.75) is 0 Å². The topological polar surface area (TPSA) is 37.1 Å². The van der Waals surface area contributed by atoms with Gasteiger partial charge in [0, 0.05) is 29.7 Å². The summed E-state index contributed by atoms with van der Waals surface area (Å²) in [4.78, 5) is 12.7. The van der Waals surface area contributed by atoms with E-state index in [9.17, 15) is 0 Å². The number of hydrogen-bond acceptors (Lipinski definition) is 3. The van der Waals surface area contributed by atoms with Crippen LogP contribution >= 0.6 is 0 Å². The van der Waals surface area contributed by atoms with Crippen molar-refractivity contribution in [3.63, 3.8) is 0 Å². The van der Waals surface area contributed by atoms with Crippen LogP contribution in [0.4, 0.5) is 0 Å². The Labute approximate surface area is 180 Å². The lowest BCUT2D eigenvalue weighted by Gasteiger charge is -2.09. The second kappa shape index (κ2) is 14.0. The number of aliphatic imine (C=N–C) groups is 3. The van der Waals surface area contributed by atoms with Gasteiger partial charge in [-0.1, -0.05) is 88.1 Å². The Morgan fingerprint density at radius 1 is 0.833 bits per heavy atom. The van der Waals surface area contributed by atoms with Crippen LogP contribution in [-0.4, -0.2) is 17.6 Å². The van der Waals surface area contributed by atoms with Crippen molar-refractivity contribution in [1.82, 2.24) is 0 Å². The first-order valence-electron chi connectivity index (χ1n) is 9.23. The summed E-state index contributed by atoms with van der Waals surface area (Å²) in [6.45, 7) is 22.5. The van der Waals surface area contributed by atoms with Crippen LogP contribution in [0.15, 0.2) is 145 Å². The first kappa shape index (κ1) is 23.9. The van der Waals surface area contributed by atoms with Gasteiger partial charge in [0.05, 0.1) is 17.6 Å². The van der Waals surface area contributed by atoms with Crippen molar-refractivity contribution in [3.05, 3.63) is 142 Å². The zero-order valence-corrected chi connectivity index (χ0v) is 17.2. The minimum Gasteiger partial charge on any atom is -0.263 e. The van der Waals surface area contributed by atoms with Gasteiger partial charge in [-0.3, -0.25) is 15.0 Å². The van der Waals surface area contributed by atoms with E-state index < -0.39 is 0 Å². The Morgan fingerprint density at radius 2 is 1.57 bits per heavy atom. The Kier molecular flexibility index (Phi) is 11.1. The molecular weight excluding hydrogens is 366 g/mol. The molecule has 1 rings (SSSR count). The number of allylic oxidation sites excluding steroid dienone is 9. The smallest absolute Gasteiger partial charge is 0.0884 e. The van der Waals surface area contributed by atoms with Crippen LogP contribution in [0.5, 0.6) is 0 Å². The van der Waals surface area contributed by atoms with Crippen LogP contribution in [0.3, 0.4) is 0 Å². The molecule has 0 heterocycles. The molecular formula is C27H27N3. The van der Waals surface area contributed by atoms with Gasteiger partial charge in [-0.25, -0.2) is 0 Å². The molecule has 0 atom stereocenters. The fourth-order valence-corrected chi connectivity index (χ4v) is 2.49. The molecule has 150 valence electrons. The zero-order valence-electron chi connectivity index (χ0n) is 17.2. The van der Waals surface area contributed by atoms with Crippen LogP contribution in [0.2, 0.25) is 0 Å². The number of rotatable bonds is 12. The fourth-order valence-electron chi connectivity index (χ4n) is 2.49. The van der Waals surface area contributed by atoms with Crippen LogP contribution in [-0.2, 0) is 0 Å². The molecule has 0 amide bonds. The lowest BCUT2D eigenvalue weighted by molar-refractivity contribution is 1.52. The highest BCUT2D eigenvalue weighted by Gasteiger charge is 2.07. The summed E-state index contributed by atoms with van der Waals surface area (Å²) < 4.78 is 0. The van der Waals surface area contributed by atoms with E-state index >= 15 is 0 Å². The number of benzene rings is 1. The third-order valence-electron chi connectivity index (χ3n) is 3.77. The van der Waals surface area contributed by atoms with Gasteiger partial charge >= 0.3 is 0 Å². The zero-order chi connectivity index (χ0) is 22.2. The molecule has 0 unspecified atom stereocenters. The largest absolute Gasteiger partial charge is 0.263 e. The molecule has 0 aliphatic rings. The van der Waals surface area contributed by atoms with Crippen molar-refractivity contribution in [2.24, 2.45) is 15.0 Å². The van der Waals surface area contributed by atoms with Crippen molar-refractivity contribution in [2.75, 3.05) is 0 Å². The maximum Gasteiger partial charge on any atom is 0.0884 e. The molecule has 0 aliphatic carbocycles. The van der Waals surface area contributed by atoms with Gasteiger partial charge in [-0.05, 0) is 29.4 Å². The van der Waals surface area contributed by atoms with Gasteiger partial charge in [-0.2, -0.15) is 0 Å². The minimum atomic E-state index is 0.681. The summed E-state index contributed by atoms with van der Waals surface area (Å²) >= 11 is 0. The molecule has 0 saturated carbocycles. The van der Waals surface area contributed by atoms with Crippen LogP contribution < -0.4 is 0 Å². The standard InChI is InChI=1S/C27H27N3/c1-7-13-18-26(29-11-5)22(9-3)19-23(15-8-2)24-16-14-17-25(20-24)27(30-12-6)21-28-10-4/h7-21H,1-6H2/b18-13-,22-19+,23-15+,28-21-,29-26+,30-27+. The fraction of sp³-hybridized carbons (Fsp3) is 0. The van der Waals surface area contributed by atoms with Crippen molar-refractivity contribution in [3.8, 4) is 0 Å². The predicted molar refractivity (Wildman–Crippen MR) is 135 cm³/mol. The maximum absolute atomic E-state index is 4.34. The van der Waals surface area contributed by atoms with Gasteiger partial charge in [-0.15, -0.1) is 0 Å². The quantitative estimate of drug-likeness (QED) is 0.275. The molecule has 0 N–H and O–H groups in total. The molecule has 0 radical (unpaired) electrons. The highest BCUT2D eigenvalue weighted by atomic mass is 14.7. The van der Waals surface area contributed by atoms with E-state index in [1.807, 2.05) is 48.6 Å². The number of nitrogens with zero attached hydrogens (tertiary/aromatic N) is 3. The SMILES string of the molecule is C=C\C=C/C(=N\C=C)C(/C=C)=C/C(=C\C=C)c1cccc(C(/C=N\C=C)=N/C=C)c1. The molecule has 30 heavy (non-hydrogen) atoms. The molecule has 0 aliphatic heterocycles. The minimum absolute atomic E-state index is 0.681. The van der Waals surface area contributed by atoms with E-state index in [0.29, 0.717) is 5.71 Å². The highest BCUT2D eigenvalue weighted by molar-refractivity contribution is 6.38. The lowest BCUT2D eigenvalue weighted by Crippen LogP contribution is -2.03. The molecule has 0 saturated heterocycles. The first-order valence-corrected chi connectivity index (χ1v) is 9.23. The third-order valence-corrected chi connectivity index (χ3v) is 3.77. The summed E-state index contributed by atoms with van der Waals surface area (Å²) in [5.74, 6) is 0. The molecule has 1 aromatic rings. The van der Waals surface area contributed by atoms with Gasteiger partial charge < -0.3 is 0 Å². The van der Waals surface area contributed by atoms with E-state index in [2.05, 4.69) is 54.5 Å². The van der Waals surface area contributed by atoms with E-state index in [1.165, 1.54) is 18.6 Å². The van der Waals surface area contributed by atoms with Crippen molar-refractivity contribution < 1.29 is 0 Å². The molecule has 0 bridgehead atoms. The Bertz CT molecular complexity index is 993. The van der Waals surface area contributed by atoms with Crippen LogP contribution in [0.25, 0.3) is 5.57 Å². The molecule has 0 spiro atoms.